The molecule has 5 nitrogen and oxygen atoms in total. The number of hydrogen-bond donors (Lipinski definition) is 1. The predicted molar refractivity (Wildman–Crippen MR) is 76.7 cm³/mol. The molecule has 0 radical (unpaired) electrons. The maximum atomic E-state index is 12.0. The second-order valence-electron chi connectivity index (χ2n) is 5.73. The van der Waals surface area contributed by atoms with E-state index in [4.69, 9.17) is 0 Å². The average molecular weight is 290 g/mol. The van der Waals surface area contributed by atoms with E-state index in [-0.39, 0.29) is 18.2 Å². The summed E-state index contributed by atoms with van der Waals surface area (Å²) in [5, 5.41) is 3.36. The predicted octanol–water partition coefficient (Wildman–Crippen LogP) is 0.515. The van der Waals surface area contributed by atoms with Crippen LogP contribution in [-0.2, 0) is 14.6 Å². The van der Waals surface area contributed by atoms with Crippen LogP contribution in [0.15, 0.2) is 0 Å². The molecule has 112 valence electrons. The van der Waals surface area contributed by atoms with Crippen molar-refractivity contribution in [1.82, 2.24) is 10.2 Å². The van der Waals surface area contributed by atoms with E-state index in [2.05, 4.69) is 12.2 Å². The third-order valence-corrected chi connectivity index (χ3v) is 4.78. The molecule has 0 spiro atoms. The van der Waals surface area contributed by atoms with Gasteiger partial charge in [0.1, 0.15) is 9.84 Å². The van der Waals surface area contributed by atoms with Gasteiger partial charge in [0.05, 0.1) is 5.75 Å². The van der Waals surface area contributed by atoms with Crippen LogP contribution in [0.5, 0.6) is 0 Å². The normalized spacial score (nSPS) is 21.9. The lowest BCUT2D eigenvalue weighted by molar-refractivity contribution is -0.131. The van der Waals surface area contributed by atoms with Gasteiger partial charge in [0.2, 0.25) is 5.91 Å². The minimum Gasteiger partial charge on any atom is -0.345 e. The molecule has 1 saturated heterocycles. The molecule has 6 heteroatoms. The van der Waals surface area contributed by atoms with Gasteiger partial charge in [0, 0.05) is 26.3 Å². The third kappa shape index (κ3) is 6.38. The Morgan fingerprint density at radius 3 is 2.68 bits per heavy atom. The van der Waals surface area contributed by atoms with Gasteiger partial charge in [-0.2, -0.15) is 0 Å². The second-order valence-corrected chi connectivity index (χ2v) is 7.99. The summed E-state index contributed by atoms with van der Waals surface area (Å²) in [6, 6.07) is 0. The molecule has 1 rings (SSSR count). The highest BCUT2D eigenvalue weighted by molar-refractivity contribution is 7.90. The van der Waals surface area contributed by atoms with Gasteiger partial charge in [-0.3, -0.25) is 4.79 Å². The number of rotatable bonds is 6. The molecule has 0 aromatic rings. The fourth-order valence-electron chi connectivity index (χ4n) is 2.39. The summed E-state index contributed by atoms with van der Waals surface area (Å²) in [5.74, 6) is 0.984. The second kappa shape index (κ2) is 7.24. The SMILES string of the molecule is CC(CC(=O)N(C)CCS(C)(=O)=O)C1CCCNC1. The van der Waals surface area contributed by atoms with Crippen LogP contribution in [0.4, 0.5) is 0 Å². The van der Waals surface area contributed by atoms with E-state index >= 15 is 0 Å². The molecule has 0 aromatic heterocycles. The Balaban J connectivity index is 2.36. The summed E-state index contributed by atoms with van der Waals surface area (Å²) in [6.07, 6.45) is 4.05. The lowest BCUT2D eigenvalue weighted by atomic mass is 9.85. The third-order valence-electron chi connectivity index (χ3n) is 3.86. The van der Waals surface area contributed by atoms with Gasteiger partial charge in [-0.1, -0.05) is 6.92 Å². The lowest BCUT2D eigenvalue weighted by Gasteiger charge is -2.29. The summed E-state index contributed by atoms with van der Waals surface area (Å²) in [5.41, 5.74) is 0. The Morgan fingerprint density at radius 2 is 2.16 bits per heavy atom. The maximum Gasteiger partial charge on any atom is 0.222 e. The van der Waals surface area contributed by atoms with Crippen LogP contribution in [0.2, 0.25) is 0 Å². The van der Waals surface area contributed by atoms with Crippen LogP contribution < -0.4 is 5.32 Å². The van der Waals surface area contributed by atoms with E-state index in [0.29, 0.717) is 18.3 Å². The number of hydrogen-bond acceptors (Lipinski definition) is 4. The Morgan fingerprint density at radius 1 is 1.47 bits per heavy atom. The van der Waals surface area contributed by atoms with E-state index < -0.39 is 9.84 Å². The number of nitrogens with one attached hydrogen (secondary N) is 1. The first kappa shape index (κ1) is 16.4. The fourth-order valence-corrected chi connectivity index (χ4v) is 3.00. The number of piperidine rings is 1. The molecule has 1 heterocycles. The highest BCUT2D eigenvalue weighted by Crippen LogP contribution is 2.22. The number of nitrogens with zero attached hydrogens (tertiary/aromatic N) is 1. The van der Waals surface area contributed by atoms with Gasteiger partial charge in [0.15, 0.2) is 0 Å². The van der Waals surface area contributed by atoms with E-state index in [0.717, 1.165) is 13.1 Å². The number of sulfone groups is 1. The van der Waals surface area contributed by atoms with Crippen molar-refractivity contribution in [3.8, 4) is 0 Å². The molecule has 1 aliphatic heterocycles. The smallest absolute Gasteiger partial charge is 0.222 e. The standard InChI is InChI=1S/C13H26N2O3S/c1-11(12-5-4-6-14-10-12)9-13(16)15(2)7-8-19(3,17)18/h11-12,14H,4-10H2,1-3H3. The zero-order valence-corrected chi connectivity index (χ0v) is 13.0. The molecule has 0 aromatic carbocycles. The number of carbonyl (C=O) groups is 1. The van der Waals surface area contributed by atoms with Gasteiger partial charge in [-0.05, 0) is 37.8 Å². The molecule has 19 heavy (non-hydrogen) atoms. The highest BCUT2D eigenvalue weighted by Gasteiger charge is 2.23. The summed E-state index contributed by atoms with van der Waals surface area (Å²) in [6.45, 7) is 4.46. The first-order valence-electron chi connectivity index (χ1n) is 6.92. The largest absolute Gasteiger partial charge is 0.345 e. The van der Waals surface area contributed by atoms with E-state index in [9.17, 15) is 13.2 Å². The maximum absolute atomic E-state index is 12.0. The van der Waals surface area contributed by atoms with Crippen molar-refractivity contribution in [2.24, 2.45) is 11.8 Å². The Hall–Kier alpha value is -0.620. The van der Waals surface area contributed by atoms with Crippen molar-refractivity contribution >= 4 is 15.7 Å². The fraction of sp³-hybridized carbons (Fsp3) is 0.923. The Kier molecular flexibility index (Phi) is 6.26. The summed E-state index contributed by atoms with van der Waals surface area (Å²) in [7, 11) is -1.33. The zero-order chi connectivity index (χ0) is 14.5. The van der Waals surface area contributed by atoms with Crippen LogP contribution in [0.25, 0.3) is 0 Å². The molecule has 0 bridgehead atoms. The van der Waals surface area contributed by atoms with E-state index in [1.54, 1.807) is 7.05 Å². The van der Waals surface area contributed by atoms with Gasteiger partial charge in [-0.25, -0.2) is 8.42 Å². The molecule has 2 unspecified atom stereocenters. The molecule has 1 amide bonds. The van der Waals surface area contributed by atoms with Crippen LogP contribution in [0, 0.1) is 11.8 Å². The van der Waals surface area contributed by atoms with Crippen molar-refractivity contribution in [3.63, 3.8) is 0 Å². The molecule has 0 aliphatic carbocycles. The van der Waals surface area contributed by atoms with Crippen molar-refractivity contribution in [3.05, 3.63) is 0 Å². The van der Waals surface area contributed by atoms with Gasteiger partial charge >= 0.3 is 0 Å². The molecule has 1 aliphatic rings. The van der Waals surface area contributed by atoms with Crippen LogP contribution in [0.1, 0.15) is 26.2 Å². The minimum absolute atomic E-state index is 0.0363. The van der Waals surface area contributed by atoms with Crippen molar-refractivity contribution in [2.45, 2.75) is 26.2 Å². The van der Waals surface area contributed by atoms with Crippen LogP contribution in [-0.4, -0.2) is 57.9 Å². The summed E-state index contributed by atoms with van der Waals surface area (Å²) in [4.78, 5) is 13.6. The first-order chi connectivity index (χ1) is 8.79. The highest BCUT2D eigenvalue weighted by atomic mass is 32.2. The summed E-state index contributed by atoms with van der Waals surface area (Å²) < 4.78 is 22.2. The van der Waals surface area contributed by atoms with Crippen LogP contribution in [0.3, 0.4) is 0 Å². The molecule has 0 saturated carbocycles. The Labute approximate surface area is 116 Å². The summed E-state index contributed by atoms with van der Waals surface area (Å²) >= 11 is 0. The van der Waals surface area contributed by atoms with Gasteiger partial charge < -0.3 is 10.2 Å². The van der Waals surface area contributed by atoms with Crippen LogP contribution >= 0.6 is 0 Å². The average Bonchev–Trinajstić information content (AvgIpc) is 2.36. The lowest BCUT2D eigenvalue weighted by Crippen LogP contribution is -2.37. The molecular weight excluding hydrogens is 264 g/mol. The van der Waals surface area contributed by atoms with E-state index in [1.807, 2.05) is 0 Å². The van der Waals surface area contributed by atoms with Gasteiger partial charge in [0.25, 0.3) is 0 Å². The first-order valence-corrected chi connectivity index (χ1v) is 8.98. The molecule has 1 N–H and O–H groups in total. The zero-order valence-electron chi connectivity index (χ0n) is 12.2. The monoisotopic (exact) mass is 290 g/mol. The van der Waals surface area contributed by atoms with Crippen molar-refractivity contribution < 1.29 is 13.2 Å². The minimum atomic E-state index is -3.01. The van der Waals surface area contributed by atoms with Crippen molar-refractivity contribution in [2.75, 3.05) is 38.7 Å². The molecule has 1 fully saturated rings. The quantitative estimate of drug-likeness (QED) is 0.774. The van der Waals surface area contributed by atoms with Crippen molar-refractivity contribution in [1.29, 1.82) is 0 Å². The van der Waals surface area contributed by atoms with E-state index in [1.165, 1.54) is 24.0 Å². The molecular formula is C13H26N2O3S. The Bertz CT molecular complexity index is 389. The topological polar surface area (TPSA) is 66.5 Å². The van der Waals surface area contributed by atoms with Gasteiger partial charge in [-0.15, -0.1) is 0 Å². The number of carbonyl (C=O) groups excluding carboxylic acids is 1. The number of amides is 1. The molecule has 2 atom stereocenters.